The number of hydrogen-bond acceptors (Lipinski definition) is 4. The number of fused-ring (bicyclic) bond motifs is 1. The highest BCUT2D eigenvalue weighted by Crippen LogP contribution is 2.28. The lowest BCUT2D eigenvalue weighted by Gasteiger charge is -2.23. The molecule has 0 spiro atoms. The van der Waals surface area contributed by atoms with Crippen LogP contribution in [0.3, 0.4) is 0 Å². The highest BCUT2D eigenvalue weighted by Gasteiger charge is 2.20. The number of aromatic nitrogens is 3. The predicted molar refractivity (Wildman–Crippen MR) is 80.9 cm³/mol. The number of rotatable bonds is 4. The molecule has 1 N–H and O–H groups in total. The number of nitrogens with zero attached hydrogens (tertiary/aromatic N) is 3. The van der Waals surface area contributed by atoms with Crippen LogP contribution in [0.1, 0.15) is 13.8 Å². The minimum absolute atomic E-state index is 0.222. The summed E-state index contributed by atoms with van der Waals surface area (Å²) in [5.74, 6) is 0.860. The standard InChI is InChI=1S/C12H17IN4O/c1-12(2,18-4)6-17-5-8(13)9-10(14-3)15-7-16-11(9)17/h5,7H,6H2,1-4H3,(H,14,15,16). The van der Waals surface area contributed by atoms with Gasteiger partial charge in [0.1, 0.15) is 17.8 Å². The minimum atomic E-state index is -0.222. The van der Waals surface area contributed by atoms with Gasteiger partial charge in [0.15, 0.2) is 0 Å². The molecule has 0 atom stereocenters. The number of nitrogens with one attached hydrogen (secondary N) is 1. The molecule has 0 unspecified atom stereocenters. The fourth-order valence-corrected chi connectivity index (χ4v) is 2.69. The fraction of sp³-hybridized carbons (Fsp3) is 0.500. The van der Waals surface area contributed by atoms with Crippen LogP contribution in [0.15, 0.2) is 12.5 Å². The Balaban J connectivity index is 2.54. The van der Waals surface area contributed by atoms with E-state index in [1.165, 1.54) is 0 Å². The fourth-order valence-electron chi connectivity index (χ4n) is 1.86. The van der Waals surface area contributed by atoms with Gasteiger partial charge in [-0.3, -0.25) is 0 Å². The monoisotopic (exact) mass is 360 g/mol. The molecule has 2 aromatic rings. The van der Waals surface area contributed by atoms with Crippen LogP contribution in [-0.2, 0) is 11.3 Å². The molecule has 0 aliphatic rings. The van der Waals surface area contributed by atoms with Gasteiger partial charge in [0.2, 0.25) is 0 Å². The van der Waals surface area contributed by atoms with Crippen molar-refractivity contribution in [3.05, 3.63) is 16.1 Å². The van der Waals surface area contributed by atoms with Crippen molar-refractivity contribution in [3.63, 3.8) is 0 Å². The van der Waals surface area contributed by atoms with Gasteiger partial charge in [-0.05, 0) is 36.4 Å². The molecule has 0 radical (unpaired) electrons. The van der Waals surface area contributed by atoms with E-state index < -0.39 is 0 Å². The second kappa shape index (κ2) is 5.00. The summed E-state index contributed by atoms with van der Waals surface area (Å²) in [6.45, 7) is 4.88. The molecular weight excluding hydrogens is 343 g/mol. The second-order valence-corrected chi connectivity index (χ2v) is 5.90. The topological polar surface area (TPSA) is 52.0 Å². The number of anilines is 1. The Hall–Kier alpha value is -0.890. The van der Waals surface area contributed by atoms with E-state index >= 15 is 0 Å². The van der Waals surface area contributed by atoms with E-state index in [2.05, 4.69) is 62.5 Å². The zero-order valence-corrected chi connectivity index (χ0v) is 13.1. The zero-order valence-electron chi connectivity index (χ0n) is 11.0. The number of ether oxygens (including phenoxy) is 1. The van der Waals surface area contributed by atoms with Gasteiger partial charge in [-0.1, -0.05) is 0 Å². The Kier molecular flexibility index (Phi) is 3.76. The molecule has 0 aromatic carbocycles. The van der Waals surface area contributed by atoms with Crippen molar-refractivity contribution in [2.45, 2.75) is 26.0 Å². The Morgan fingerprint density at radius 1 is 1.44 bits per heavy atom. The number of halogens is 1. The smallest absolute Gasteiger partial charge is 0.146 e. The Morgan fingerprint density at radius 3 is 2.78 bits per heavy atom. The first-order valence-corrected chi connectivity index (χ1v) is 6.78. The van der Waals surface area contributed by atoms with Gasteiger partial charge in [0.05, 0.1) is 17.5 Å². The van der Waals surface area contributed by atoms with Gasteiger partial charge >= 0.3 is 0 Å². The molecule has 0 aliphatic heterocycles. The maximum Gasteiger partial charge on any atom is 0.146 e. The molecule has 0 saturated carbocycles. The number of hydrogen-bond donors (Lipinski definition) is 1. The SMILES string of the molecule is CNc1ncnc2c1c(I)cn2CC(C)(C)OC. The van der Waals surface area contributed by atoms with Crippen LogP contribution in [0.5, 0.6) is 0 Å². The summed E-state index contributed by atoms with van der Waals surface area (Å²) < 4.78 is 8.73. The molecular formula is C12H17IN4O. The molecule has 0 aliphatic carbocycles. The minimum Gasteiger partial charge on any atom is -0.377 e. The number of methoxy groups -OCH3 is 1. The highest BCUT2D eigenvalue weighted by atomic mass is 127. The van der Waals surface area contributed by atoms with Gasteiger partial charge in [0.25, 0.3) is 0 Å². The highest BCUT2D eigenvalue weighted by molar-refractivity contribution is 14.1. The van der Waals surface area contributed by atoms with Gasteiger partial charge in [-0.15, -0.1) is 0 Å². The molecule has 0 amide bonds. The molecule has 2 heterocycles. The van der Waals surface area contributed by atoms with E-state index in [0.29, 0.717) is 0 Å². The molecule has 98 valence electrons. The van der Waals surface area contributed by atoms with Crippen LogP contribution >= 0.6 is 22.6 Å². The summed E-state index contributed by atoms with van der Waals surface area (Å²) in [5.41, 5.74) is 0.712. The molecule has 6 heteroatoms. The summed E-state index contributed by atoms with van der Waals surface area (Å²) >= 11 is 2.31. The average Bonchev–Trinajstić information content (AvgIpc) is 2.66. The Bertz CT molecular complexity index is 564. The molecule has 0 fully saturated rings. The molecule has 2 aromatic heterocycles. The van der Waals surface area contributed by atoms with Crippen molar-refractivity contribution >= 4 is 39.4 Å². The Morgan fingerprint density at radius 2 is 2.17 bits per heavy atom. The van der Waals surface area contributed by atoms with Gasteiger partial charge < -0.3 is 14.6 Å². The Labute approximate surface area is 120 Å². The van der Waals surface area contributed by atoms with Crippen LogP contribution in [0, 0.1) is 3.57 Å². The second-order valence-electron chi connectivity index (χ2n) is 4.74. The summed E-state index contributed by atoms with van der Waals surface area (Å²) in [7, 11) is 3.60. The van der Waals surface area contributed by atoms with Crippen LogP contribution in [0.4, 0.5) is 5.82 Å². The first kappa shape index (κ1) is 13.5. The van der Waals surface area contributed by atoms with Crippen molar-refractivity contribution in [1.29, 1.82) is 0 Å². The summed E-state index contributed by atoms with van der Waals surface area (Å²) in [4.78, 5) is 8.63. The van der Waals surface area contributed by atoms with E-state index in [-0.39, 0.29) is 5.60 Å². The molecule has 2 rings (SSSR count). The van der Waals surface area contributed by atoms with E-state index in [1.54, 1.807) is 13.4 Å². The van der Waals surface area contributed by atoms with Crippen molar-refractivity contribution < 1.29 is 4.74 Å². The van der Waals surface area contributed by atoms with Crippen molar-refractivity contribution in [2.75, 3.05) is 19.5 Å². The first-order valence-electron chi connectivity index (χ1n) is 5.71. The lowest BCUT2D eigenvalue weighted by molar-refractivity contribution is 0.00900. The van der Waals surface area contributed by atoms with Crippen LogP contribution in [-0.4, -0.2) is 34.3 Å². The van der Waals surface area contributed by atoms with Crippen LogP contribution in [0.25, 0.3) is 11.0 Å². The van der Waals surface area contributed by atoms with Crippen molar-refractivity contribution in [2.24, 2.45) is 0 Å². The first-order chi connectivity index (χ1) is 8.48. The molecule has 18 heavy (non-hydrogen) atoms. The third-order valence-corrected chi connectivity index (χ3v) is 3.77. The predicted octanol–water partition coefficient (Wildman–Crippen LogP) is 2.50. The molecule has 0 bridgehead atoms. The quantitative estimate of drug-likeness (QED) is 0.852. The largest absolute Gasteiger partial charge is 0.377 e. The van der Waals surface area contributed by atoms with E-state index in [9.17, 15) is 0 Å². The van der Waals surface area contributed by atoms with E-state index in [0.717, 1.165) is 27.0 Å². The maximum atomic E-state index is 5.47. The molecule has 0 saturated heterocycles. The van der Waals surface area contributed by atoms with Gasteiger partial charge in [-0.2, -0.15) is 0 Å². The third kappa shape index (κ3) is 2.44. The average molecular weight is 360 g/mol. The van der Waals surface area contributed by atoms with Gasteiger partial charge in [-0.25, -0.2) is 9.97 Å². The van der Waals surface area contributed by atoms with E-state index in [4.69, 9.17) is 4.74 Å². The lowest BCUT2D eigenvalue weighted by Crippen LogP contribution is -2.28. The summed E-state index contributed by atoms with van der Waals surface area (Å²) in [6.07, 6.45) is 3.67. The van der Waals surface area contributed by atoms with Crippen LogP contribution < -0.4 is 5.32 Å². The maximum absolute atomic E-state index is 5.47. The van der Waals surface area contributed by atoms with Gasteiger partial charge in [0, 0.05) is 23.9 Å². The van der Waals surface area contributed by atoms with Crippen LogP contribution in [0.2, 0.25) is 0 Å². The zero-order chi connectivity index (χ0) is 13.3. The normalized spacial score (nSPS) is 12.1. The third-order valence-electron chi connectivity index (χ3n) is 2.95. The lowest BCUT2D eigenvalue weighted by atomic mass is 10.1. The summed E-state index contributed by atoms with van der Waals surface area (Å²) in [6, 6.07) is 0. The van der Waals surface area contributed by atoms with E-state index in [1.807, 2.05) is 7.05 Å². The van der Waals surface area contributed by atoms with Crippen molar-refractivity contribution in [1.82, 2.24) is 14.5 Å². The molecule has 5 nitrogen and oxygen atoms in total. The summed E-state index contributed by atoms with van der Waals surface area (Å²) in [5, 5.41) is 4.16. The van der Waals surface area contributed by atoms with Crippen molar-refractivity contribution in [3.8, 4) is 0 Å².